The van der Waals surface area contributed by atoms with Gasteiger partial charge in [-0.3, -0.25) is 0 Å². The first-order valence-corrected chi connectivity index (χ1v) is 6.79. The van der Waals surface area contributed by atoms with Crippen molar-refractivity contribution in [2.75, 3.05) is 13.7 Å². The van der Waals surface area contributed by atoms with Crippen LogP contribution in [-0.4, -0.2) is 37.5 Å². The minimum absolute atomic E-state index is 0.0799. The van der Waals surface area contributed by atoms with Gasteiger partial charge >= 0.3 is 0 Å². The summed E-state index contributed by atoms with van der Waals surface area (Å²) in [6, 6.07) is 0.569. The van der Waals surface area contributed by atoms with Crippen LogP contribution in [0.15, 0.2) is 0 Å². The zero-order valence-corrected chi connectivity index (χ0v) is 11.9. The van der Waals surface area contributed by atoms with E-state index < -0.39 is 0 Å². The Hall–Kier alpha value is -0.120. The molecule has 0 amide bonds. The van der Waals surface area contributed by atoms with Gasteiger partial charge < -0.3 is 14.8 Å². The molecule has 2 aliphatic rings. The Balaban J connectivity index is 1.74. The van der Waals surface area contributed by atoms with Crippen LogP contribution in [-0.2, 0) is 9.47 Å². The Kier molecular flexibility index (Phi) is 3.54. The lowest BCUT2D eigenvalue weighted by atomic mass is 9.64. The quantitative estimate of drug-likeness (QED) is 0.819. The molecule has 1 aliphatic heterocycles. The summed E-state index contributed by atoms with van der Waals surface area (Å²) in [5.41, 5.74) is 0.333. The predicted octanol–water partition coefficient (Wildman–Crippen LogP) is 2.35. The van der Waals surface area contributed by atoms with E-state index in [2.05, 4.69) is 33.0 Å². The average Bonchev–Trinajstić information content (AvgIpc) is 2.57. The van der Waals surface area contributed by atoms with E-state index in [4.69, 9.17) is 9.47 Å². The van der Waals surface area contributed by atoms with Crippen molar-refractivity contribution < 1.29 is 9.47 Å². The normalized spacial score (nSPS) is 39.0. The molecule has 1 saturated heterocycles. The van der Waals surface area contributed by atoms with Crippen molar-refractivity contribution in [3.05, 3.63) is 0 Å². The van der Waals surface area contributed by atoms with Gasteiger partial charge in [-0.2, -0.15) is 0 Å². The molecule has 1 N–H and O–H groups in total. The summed E-state index contributed by atoms with van der Waals surface area (Å²) in [5.74, 6) is 0. The molecule has 0 radical (unpaired) electrons. The SMILES string of the molecule is COC1CC(NCC2CCC(C)(C)O2)C1(C)C. The molecule has 2 rings (SSSR count). The summed E-state index contributed by atoms with van der Waals surface area (Å²) in [6.45, 7) is 9.90. The van der Waals surface area contributed by atoms with Crippen LogP contribution in [0.25, 0.3) is 0 Å². The highest BCUT2D eigenvalue weighted by Crippen LogP contribution is 2.42. The second-order valence-corrected chi connectivity index (χ2v) is 6.78. The number of methoxy groups -OCH3 is 1. The Morgan fingerprint density at radius 1 is 1.29 bits per heavy atom. The summed E-state index contributed by atoms with van der Waals surface area (Å²) in [5, 5.41) is 3.65. The molecule has 1 saturated carbocycles. The molecule has 17 heavy (non-hydrogen) atoms. The zero-order valence-electron chi connectivity index (χ0n) is 11.9. The Labute approximate surface area is 105 Å². The van der Waals surface area contributed by atoms with Crippen LogP contribution in [0.1, 0.15) is 47.0 Å². The minimum Gasteiger partial charge on any atom is -0.381 e. The predicted molar refractivity (Wildman–Crippen MR) is 69.2 cm³/mol. The maximum absolute atomic E-state index is 6.00. The van der Waals surface area contributed by atoms with Crippen LogP contribution in [0.3, 0.4) is 0 Å². The van der Waals surface area contributed by atoms with Crippen LogP contribution < -0.4 is 5.32 Å². The average molecular weight is 241 g/mol. The van der Waals surface area contributed by atoms with Gasteiger partial charge in [0.25, 0.3) is 0 Å². The third kappa shape index (κ3) is 2.67. The van der Waals surface area contributed by atoms with E-state index in [1.54, 1.807) is 0 Å². The second-order valence-electron chi connectivity index (χ2n) is 6.78. The van der Waals surface area contributed by atoms with E-state index >= 15 is 0 Å². The van der Waals surface area contributed by atoms with Gasteiger partial charge in [-0.1, -0.05) is 13.8 Å². The standard InChI is InChI=1S/C14H27NO2/c1-13(2)7-6-10(17-13)9-15-11-8-12(16-5)14(11,3)4/h10-12,15H,6-9H2,1-5H3. The van der Waals surface area contributed by atoms with Gasteiger partial charge in [0.2, 0.25) is 0 Å². The van der Waals surface area contributed by atoms with E-state index in [1.165, 1.54) is 12.8 Å². The molecule has 0 aromatic carbocycles. The molecule has 3 heteroatoms. The maximum Gasteiger partial charge on any atom is 0.0707 e. The fraction of sp³-hybridized carbons (Fsp3) is 1.00. The lowest BCUT2D eigenvalue weighted by Crippen LogP contribution is -2.61. The molecule has 3 atom stereocenters. The van der Waals surface area contributed by atoms with E-state index in [0.717, 1.165) is 13.0 Å². The number of rotatable bonds is 4. The van der Waals surface area contributed by atoms with Crippen molar-refractivity contribution in [1.82, 2.24) is 5.32 Å². The van der Waals surface area contributed by atoms with Gasteiger partial charge in [0, 0.05) is 25.1 Å². The van der Waals surface area contributed by atoms with Crippen molar-refractivity contribution in [2.45, 2.75) is 70.8 Å². The molecule has 2 fully saturated rings. The highest BCUT2D eigenvalue weighted by atomic mass is 16.5. The largest absolute Gasteiger partial charge is 0.381 e. The molecule has 0 bridgehead atoms. The highest BCUT2D eigenvalue weighted by Gasteiger charge is 2.48. The fourth-order valence-electron chi connectivity index (χ4n) is 3.13. The maximum atomic E-state index is 6.00. The lowest BCUT2D eigenvalue weighted by molar-refractivity contribution is -0.102. The van der Waals surface area contributed by atoms with E-state index in [9.17, 15) is 0 Å². The van der Waals surface area contributed by atoms with Crippen molar-refractivity contribution in [2.24, 2.45) is 5.41 Å². The Morgan fingerprint density at radius 3 is 2.47 bits per heavy atom. The molecular formula is C14H27NO2. The van der Waals surface area contributed by atoms with E-state index in [0.29, 0.717) is 18.2 Å². The molecule has 0 aromatic heterocycles. The highest BCUT2D eigenvalue weighted by molar-refractivity contribution is 5.03. The van der Waals surface area contributed by atoms with Crippen molar-refractivity contribution in [3.63, 3.8) is 0 Å². The first kappa shape index (κ1) is 13.3. The lowest BCUT2D eigenvalue weighted by Gasteiger charge is -2.51. The van der Waals surface area contributed by atoms with E-state index in [1.807, 2.05) is 7.11 Å². The number of hydrogen-bond donors (Lipinski definition) is 1. The number of ether oxygens (including phenoxy) is 2. The van der Waals surface area contributed by atoms with Crippen LogP contribution in [0.4, 0.5) is 0 Å². The summed E-state index contributed by atoms with van der Waals surface area (Å²) in [4.78, 5) is 0. The zero-order chi connectivity index (χ0) is 12.7. The van der Waals surface area contributed by atoms with Crippen LogP contribution in [0.5, 0.6) is 0 Å². The third-order valence-corrected chi connectivity index (χ3v) is 4.61. The molecule has 3 nitrogen and oxygen atoms in total. The molecule has 0 aromatic rings. The molecule has 100 valence electrons. The molecule has 1 heterocycles. The number of nitrogens with one attached hydrogen (secondary N) is 1. The minimum atomic E-state index is 0.0799. The van der Waals surface area contributed by atoms with Gasteiger partial charge in [0.1, 0.15) is 0 Å². The summed E-state index contributed by atoms with van der Waals surface area (Å²) < 4.78 is 11.5. The van der Waals surface area contributed by atoms with Crippen molar-refractivity contribution in [1.29, 1.82) is 0 Å². The topological polar surface area (TPSA) is 30.5 Å². The summed E-state index contributed by atoms with van der Waals surface area (Å²) in [7, 11) is 1.81. The van der Waals surface area contributed by atoms with Gasteiger partial charge in [0.05, 0.1) is 17.8 Å². The van der Waals surface area contributed by atoms with Crippen LogP contribution in [0, 0.1) is 5.41 Å². The number of hydrogen-bond acceptors (Lipinski definition) is 3. The Bertz CT molecular complexity index is 275. The first-order valence-electron chi connectivity index (χ1n) is 6.79. The van der Waals surface area contributed by atoms with Crippen molar-refractivity contribution >= 4 is 0 Å². The second kappa shape index (κ2) is 4.52. The van der Waals surface area contributed by atoms with Gasteiger partial charge in [-0.05, 0) is 33.1 Å². The molecular weight excluding hydrogens is 214 g/mol. The third-order valence-electron chi connectivity index (χ3n) is 4.61. The van der Waals surface area contributed by atoms with Gasteiger partial charge in [0.15, 0.2) is 0 Å². The van der Waals surface area contributed by atoms with Crippen LogP contribution >= 0.6 is 0 Å². The van der Waals surface area contributed by atoms with Gasteiger partial charge in [-0.15, -0.1) is 0 Å². The first-order chi connectivity index (χ1) is 7.85. The van der Waals surface area contributed by atoms with Crippen molar-refractivity contribution in [3.8, 4) is 0 Å². The molecule has 1 aliphatic carbocycles. The van der Waals surface area contributed by atoms with Gasteiger partial charge in [-0.25, -0.2) is 0 Å². The summed E-state index contributed by atoms with van der Waals surface area (Å²) in [6.07, 6.45) is 4.28. The Morgan fingerprint density at radius 2 is 2.00 bits per heavy atom. The summed E-state index contributed by atoms with van der Waals surface area (Å²) >= 11 is 0. The van der Waals surface area contributed by atoms with E-state index in [-0.39, 0.29) is 11.0 Å². The smallest absolute Gasteiger partial charge is 0.0707 e. The monoisotopic (exact) mass is 241 g/mol. The molecule has 3 unspecified atom stereocenters. The van der Waals surface area contributed by atoms with Crippen LogP contribution in [0.2, 0.25) is 0 Å². The molecule has 0 spiro atoms. The fourth-order valence-corrected chi connectivity index (χ4v) is 3.13.